The molecule has 1 heterocycles. The van der Waals surface area contributed by atoms with Crippen LogP contribution >= 0.6 is 0 Å². The number of H-pyrrole nitrogens is 1. The van der Waals surface area contributed by atoms with Gasteiger partial charge in [0.05, 0.1) is 12.1 Å². The Kier molecular flexibility index (Phi) is 3.09. The molecule has 5 nitrogen and oxygen atoms in total. The molecule has 2 aromatic rings. The Bertz CT molecular complexity index is 521. The van der Waals surface area contributed by atoms with Gasteiger partial charge in [-0.3, -0.25) is 5.10 Å². The Morgan fingerprint density at radius 2 is 2.11 bits per heavy atom. The fraction of sp³-hybridized carbons (Fsp3) is 0.200. The molecule has 0 radical (unpaired) electrons. The van der Waals surface area contributed by atoms with Crippen molar-refractivity contribution in [1.29, 1.82) is 0 Å². The number of anilines is 2. The first-order valence-corrected chi connectivity index (χ1v) is 5.01. The van der Waals surface area contributed by atoms with E-state index in [0.29, 0.717) is 5.82 Å². The average Bonchev–Trinajstić information content (AvgIpc) is 2.79. The molecule has 2 rings (SSSR count). The van der Waals surface area contributed by atoms with E-state index < -0.39 is 11.7 Å². The quantitative estimate of drug-likeness (QED) is 0.735. The highest BCUT2D eigenvalue weighted by Crippen LogP contribution is 2.36. The summed E-state index contributed by atoms with van der Waals surface area (Å²) in [7, 11) is 0. The minimum absolute atomic E-state index is 0.0481. The average molecular weight is 257 g/mol. The topological polar surface area (TPSA) is 79.6 Å². The van der Waals surface area contributed by atoms with Crippen molar-refractivity contribution in [2.24, 2.45) is 0 Å². The molecule has 0 atom stereocenters. The number of aromatic amines is 1. The van der Waals surface area contributed by atoms with E-state index in [-0.39, 0.29) is 17.9 Å². The summed E-state index contributed by atoms with van der Waals surface area (Å²) in [5.41, 5.74) is 4.57. The van der Waals surface area contributed by atoms with E-state index in [4.69, 9.17) is 5.73 Å². The Labute approximate surface area is 100 Å². The third kappa shape index (κ3) is 2.70. The van der Waals surface area contributed by atoms with Crippen LogP contribution in [0.5, 0.6) is 0 Å². The minimum Gasteiger partial charge on any atom is -0.399 e. The lowest BCUT2D eigenvalue weighted by Gasteiger charge is -2.14. The van der Waals surface area contributed by atoms with Gasteiger partial charge in [0.2, 0.25) is 0 Å². The maximum Gasteiger partial charge on any atom is 0.418 e. The molecule has 0 bridgehead atoms. The van der Waals surface area contributed by atoms with Crippen LogP contribution in [0.4, 0.5) is 24.5 Å². The van der Waals surface area contributed by atoms with Gasteiger partial charge in [-0.25, -0.2) is 4.98 Å². The second-order valence-electron chi connectivity index (χ2n) is 3.59. The molecule has 8 heteroatoms. The van der Waals surface area contributed by atoms with Gasteiger partial charge in [0.1, 0.15) is 12.2 Å². The van der Waals surface area contributed by atoms with Crippen LogP contribution in [0.2, 0.25) is 0 Å². The van der Waals surface area contributed by atoms with Crippen molar-refractivity contribution in [1.82, 2.24) is 15.2 Å². The summed E-state index contributed by atoms with van der Waals surface area (Å²) in [5, 5.41) is 8.79. The van der Waals surface area contributed by atoms with Crippen molar-refractivity contribution in [2.75, 3.05) is 11.1 Å². The van der Waals surface area contributed by atoms with Crippen molar-refractivity contribution in [2.45, 2.75) is 12.7 Å². The first kappa shape index (κ1) is 12.2. The lowest BCUT2D eigenvalue weighted by atomic mass is 10.1. The van der Waals surface area contributed by atoms with E-state index in [1.807, 2.05) is 0 Å². The second-order valence-corrected chi connectivity index (χ2v) is 3.59. The Morgan fingerprint density at radius 3 is 2.72 bits per heavy atom. The van der Waals surface area contributed by atoms with Gasteiger partial charge in [-0.2, -0.15) is 18.3 Å². The summed E-state index contributed by atoms with van der Waals surface area (Å²) >= 11 is 0. The summed E-state index contributed by atoms with van der Waals surface area (Å²) in [6.45, 7) is 0.118. The van der Waals surface area contributed by atoms with Gasteiger partial charge in [-0.05, 0) is 18.2 Å². The molecule has 0 unspecified atom stereocenters. The van der Waals surface area contributed by atoms with Crippen LogP contribution in [0.15, 0.2) is 24.5 Å². The SMILES string of the molecule is Nc1ccc(NCc2ncn[nH]2)c(C(F)(F)F)c1. The Hall–Kier alpha value is -2.25. The normalized spacial score (nSPS) is 11.5. The van der Waals surface area contributed by atoms with Gasteiger partial charge in [-0.1, -0.05) is 0 Å². The summed E-state index contributed by atoms with van der Waals surface area (Å²) < 4.78 is 38.3. The summed E-state index contributed by atoms with van der Waals surface area (Å²) in [5.74, 6) is 0.444. The predicted octanol–water partition coefficient (Wildman–Crippen LogP) is 2.02. The molecule has 0 spiro atoms. The van der Waals surface area contributed by atoms with Crippen LogP contribution in [0, 0.1) is 0 Å². The molecule has 96 valence electrons. The number of alkyl halides is 3. The molecule has 0 aliphatic carbocycles. The highest BCUT2D eigenvalue weighted by molar-refractivity contribution is 5.59. The third-order valence-corrected chi connectivity index (χ3v) is 2.26. The van der Waals surface area contributed by atoms with E-state index >= 15 is 0 Å². The van der Waals surface area contributed by atoms with E-state index in [2.05, 4.69) is 20.5 Å². The van der Waals surface area contributed by atoms with E-state index in [1.165, 1.54) is 18.5 Å². The standard InChI is InChI=1S/C10H10F3N5/c11-10(12,13)7-3-6(14)1-2-8(7)15-4-9-16-5-17-18-9/h1-3,5,15H,4,14H2,(H,16,17,18). The molecule has 0 fully saturated rings. The zero-order valence-electron chi connectivity index (χ0n) is 9.12. The van der Waals surface area contributed by atoms with Gasteiger partial charge in [-0.15, -0.1) is 0 Å². The van der Waals surface area contributed by atoms with Gasteiger partial charge < -0.3 is 11.1 Å². The number of benzene rings is 1. The predicted molar refractivity (Wildman–Crippen MR) is 59.6 cm³/mol. The summed E-state index contributed by atoms with van der Waals surface area (Å²) in [4.78, 5) is 3.81. The maximum absolute atomic E-state index is 12.8. The number of aromatic nitrogens is 3. The Morgan fingerprint density at radius 1 is 1.33 bits per heavy atom. The van der Waals surface area contributed by atoms with Crippen LogP contribution in [0.3, 0.4) is 0 Å². The molecule has 0 aliphatic rings. The molecule has 0 saturated carbocycles. The first-order chi connectivity index (χ1) is 8.47. The zero-order valence-corrected chi connectivity index (χ0v) is 9.12. The van der Waals surface area contributed by atoms with Crippen molar-refractivity contribution in [3.8, 4) is 0 Å². The smallest absolute Gasteiger partial charge is 0.399 e. The number of nitrogen functional groups attached to an aromatic ring is 1. The summed E-state index contributed by atoms with van der Waals surface area (Å²) in [6, 6.07) is 3.58. The monoisotopic (exact) mass is 257 g/mol. The minimum atomic E-state index is -4.46. The maximum atomic E-state index is 12.8. The third-order valence-electron chi connectivity index (χ3n) is 2.26. The molecule has 1 aromatic carbocycles. The number of halogens is 3. The second kappa shape index (κ2) is 4.55. The van der Waals surface area contributed by atoms with Gasteiger partial charge >= 0.3 is 6.18 Å². The number of rotatable bonds is 3. The number of nitrogens with one attached hydrogen (secondary N) is 2. The molecular formula is C10H10F3N5. The van der Waals surface area contributed by atoms with Crippen molar-refractivity contribution >= 4 is 11.4 Å². The van der Waals surface area contributed by atoms with E-state index in [0.717, 1.165) is 6.07 Å². The number of hydrogen-bond acceptors (Lipinski definition) is 4. The molecule has 0 aliphatic heterocycles. The molecule has 1 aromatic heterocycles. The lowest BCUT2D eigenvalue weighted by Crippen LogP contribution is -2.12. The summed E-state index contributed by atoms with van der Waals surface area (Å²) in [6.07, 6.45) is -3.18. The molecular weight excluding hydrogens is 247 g/mol. The fourth-order valence-electron chi connectivity index (χ4n) is 1.45. The highest BCUT2D eigenvalue weighted by atomic mass is 19.4. The van der Waals surface area contributed by atoms with Gasteiger partial charge in [0.15, 0.2) is 0 Å². The van der Waals surface area contributed by atoms with Gasteiger partial charge in [0.25, 0.3) is 0 Å². The highest BCUT2D eigenvalue weighted by Gasteiger charge is 2.33. The van der Waals surface area contributed by atoms with Crippen LogP contribution in [-0.2, 0) is 12.7 Å². The van der Waals surface area contributed by atoms with Crippen LogP contribution in [0.25, 0.3) is 0 Å². The zero-order chi connectivity index (χ0) is 13.2. The fourth-order valence-corrected chi connectivity index (χ4v) is 1.45. The molecule has 0 saturated heterocycles. The van der Waals surface area contributed by atoms with Crippen LogP contribution < -0.4 is 11.1 Å². The van der Waals surface area contributed by atoms with Crippen molar-refractivity contribution in [3.63, 3.8) is 0 Å². The van der Waals surface area contributed by atoms with Crippen LogP contribution in [0.1, 0.15) is 11.4 Å². The molecule has 0 amide bonds. The van der Waals surface area contributed by atoms with Crippen molar-refractivity contribution in [3.05, 3.63) is 35.9 Å². The lowest BCUT2D eigenvalue weighted by molar-refractivity contribution is -0.136. The molecule has 18 heavy (non-hydrogen) atoms. The number of nitrogens with zero attached hydrogens (tertiary/aromatic N) is 2. The largest absolute Gasteiger partial charge is 0.418 e. The van der Waals surface area contributed by atoms with Gasteiger partial charge in [0, 0.05) is 11.4 Å². The number of hydrogen-bond donors (Lipinski definition) is 3. The van der Waals surface area contributed by atoms with E-state index in [1.54, 1.807) is 0 Å². The number of nitrogens with two attached hydrogens (primary N) is 1. The molecule has 4 N–H and O–H groups in total. The van der Waals surface area contributed by atoms with E-state index in [9.17, 15) is 13.2 Å². The van der Waals surface area contributed by atoms with Crippen molar-refractivity contribution < 1.29 is 13.2 Å². The first-order valence-electron chi connectivity index (χ1n) is 5.01. The Balaban J connectivity index is 2.22. The van der Waals surface area contributed by atoms with Crippen LogP contribution in [-0.4, -0.2) is 15.2 Å².